The van der Waals surface area contributed by atoms with Gasteiger partial charge in [-0.05, 0) is 50.8 Å². The molecule has 0 saturated carbocycles. The molecule has 0 bridgehead atoms. The van der Waals surface area contributed by atoms with Crippen molar-refractivity contribution in [1.29, 1.82) is 0 Å². The van der Waals surface area contributed by atoms with Crippen LogP contribution in [0.1, 0.15) is 15.9 Å². The van der Waals surface area contributed by atoms with Gasteiger partial charge >= 0.3 is 0 Å². The van der Waals surface area contributed by atoms with Crippen molar-refractivity contribution in [3.63, 3.8) is 0 Å². The third-order valence-electron chi connectivity index (χ3n) is 4.88. The van der Waals surface area contributed by atoms with Crippen LogP contribution in [-0.4, -0.2) is 60.1 Å². The first-order valence-electron chi connectivity index (χ1n) is 9.59. The molecule has 4 rings (SSSR count). The van der Waals surface area contributed by atoms with Crippen LogP contribution in [-0.2, 0) is 0 Å². The summed E-state index contributed by atoms with van der Waals surface area (Å²) in [6.07, 6.45) is 3.27. The van der Waals surface area contributed by atoms with E-state index in [0.29, 0.717) is 35.1 Å². The molecule has 2 aromatic heterocycles. The average molecular weight is 458 g/mol. The molecule has 0 fully saturated rings. The molecular formula is C22H24ClN5O2S. The highest BCUT2D eigenvalue weighted by Crippen LogP contribution is 2.36. The highest BCUT2D eigenvalue weighted by Gasteiger charge is 2.23. The highest BCUT2D eigenvalue weighted by molar-refractivity contribution is 7.22. The maximum Gasteiger partial charge on any atom is 0.260 e. The lowest BCUT2D eigenvalue weighted by molar-refractivity contribution is 0.0985. The fraction of sp³-hybridized carbons (Fsp3) is 0.273. The third kappa shape index (κ3) is 4.61. The van der Waals surface area contributed by atoms with Gasteiger partial charge in [0, 0.05) is 31.0 Å². The molecule has 0 aliphatic carbocycles. The predicted molar refractivity (Wildman–Crippen MR) is 128 cm³/mol. The first kappa shape index (κ1) is 22.9. The van der Waals surface area contributed by atoms with E-state index in [1.807, 2.05) is 44.1 Å². The maximum atomic E-state index is 13.5. The molecule has 4 aromatic rings. The summed E-state index contributed by atoms with van der Waals surface area (Å²) in [6, 6.07) is 9.32. The summed E-state index contributed by atoms with van der Waals surface area (Å²) < 4.78 is 6.51. The normalized spacial score (nSPS) is 11.0. The van der Waals surface area contributed by atoms with Crippen molar-refractivity contribution in [2.75, 3.05) is 39.2 Å². The van der Waals surface area contributed by atoms with Crippen molar-refractivity contribution in [2.45, 2.75) is 6.92 Å². The number of methoxy groups -OCH3 is 1. The minimum Gasteiger partial charge on any atom is -0.494 e. The molecule has 31 heavy (non-hydrogen) atoms. The molecule has 0 spiro atoms. The molecule has 0 atom stereocenters. The molecular weight excluding hydrogens is 434 g/mol. The van der Waals surface area contributed by atoms with Crippen LogP contribution in [0, 0.1) is 6.92 Å². The molecule has 0 N–H and O–H groups in total. The predicted octanol–water partition coefficient (Wildman–Crippen LogP) is 4.19. The molecule has 0 unspecified atom stereocenters. The van der Waals surface area contributed by atoms with Crippen molar-refractivity contribution >= 4 is 56.0 Å². The van der Waals surface area contributed by atoms with Crippen molar-refractivity contribution in [1.82, 2.24) is 19.9 Å². The minimum atomic E-state index is -0.111. The van der Waals surface area contributed by atoms with E-state index in [4.69, 9.17) is 9.72 Å². The van der Waals surface area contributed by atoms with Gasteiger partial charge < -0.3 is 9.64 Å². The summed E-state index contributed by atoms with van der Waals surface area (Å²) in [6.45, 7) is 3.27. The first-order valence-corrected chi connectivity index (χ1v) is 10.4. The number of anilines is 1. The van der Waals surface area contributed by atoms with Crippen molar-refractivity contribution < 1.29 is 9.53 Å². The number of aryl methyl sites for hydroxylation is 1. The Bertz CT molecular complexity index is 1230. The molecule has 0 aliphatic rings. The fourth-order valence-electron chi connectivity index (χ4n) is 3.21. The zero-order chi connectivity index (χ0) is 21.3. The van der Waals surface area contributed by atoms with E-state index in [2.05, 4.69) is 9.97 Å². The number of carbonyl (C=O) groups excluding carboxylic acids is 1. The summed E-state index contributed by atoms with van der Waals surface area (Å²) in [5, 5.41) is 0.656. The second-order valence-corrected chi connectivity index (χ2v) is 8.26. The number of carbonyl (C=O) groups is 1. The number of hydrogen-bond donors (Lipinski definition) is 0. The van der Waals surface area contributed by atoms with Crippen LogP contribution >= 0.6 is 23.7 Å². The number of fused-ring (bicyclic) bond motifs is 2. The number of ether oxygens (including phenoxy) is 1. The van der Waals surface area contributed by atoms with Crippen molar-refractivity contribution in [2.24, 2.45) is 0 Å². The fourth-order valence-corrected chi connectivity index (χ4v) is 4.29. The van der Waals surface area contributed by atoms with Crippen LogP contribution in [0.25, 0.3) is 21.3 Å². The van der Waals surface area contributed by atoms with Gasteiger partial charge in [-0.3, -0.25) is 19.7 Å². The Labute approximate surface area is 191 Å². The quantitative estimate of drug-likeness (QED) is 0.432. The minimum absolute atomic E-state index is 0. The van der Waals surface area contributed by atoms with Crippen molar-refractivity contribution in [3.05, 3.63) is 53.9 Å². The highest BCUT2D eigenvalue weighted by atomic mass is 35.5. The Balaban J connectivity index is 0.00000272. The van der Waals surface area contributed by atoms with Crippen LogP contribution in [0.3, 0.4) is 0 Å². The molecule has 162 valence electrons. The number of halogens is 1. The number of rotatable bonds is 6. The van der Waals surface area contributed by atoms with E-state index >= 15 is 0 Å². The Morgan fingerprint density at radius 3 is 2.52 bits per heavy atom. The number of thiazole rings is 1. The molecule has 2 heterocycles. The molecule has 1 amide bonds. The summed E-state index contributed by atoms with van der Waals surface area (Å²) in [5.74, 6) is 0.596. The van der Waals surface area contributed by atoms with Crippen LogP contribution in [0.15, 0.2) is 42.7 Å². The summed E-state index contributed by atoms with van der Waals surface area (Å²) in [5.41, 5.74) is 3.90. The van der Waals surface area contributed by atoms with Gasteiger partial charge in [-0.15, -0.1) is 12.4 Å². The van der Waals surface area contributed by atoms with Gasteiger partial charge in [0.05, 0.1) is 22.8 Å². The molecule has 0 aliphatic heterocycles. The molecule has 2 aromatic carbocycles. The SMILES string of the molecule is COc1ccc(C)c2sc(N(CCN(C)C)C(=O)c3ccc4nccnc4c3)nc12.Cl. The Kier molecular flexibility index (Phi) is 7.04. The number of benzene rings is 2. The monoisotopic (exact) mass is 457 g/mol. The molecule has 7 nitrogen and oxygen atoms in total. The Morgan fingerprint density at radius 1 is 1.06 bits per heavy atom. The lowest BCUT2D eigenvalue weighted by Gasteiger charge is -2.22. The zero-order valence-electron chi connectivity index (χ0n) is 17.8. The Hall–Kier alpha value is -2.81. The van der Waals surface area contributed by atoms with Crippen LogP contribution < -0.4 is 9.64 Å². The first-order chi connectivity index (χ1) is 14.5. The number of nitrogens with zero attached hydrogens (tertiary/aromatic N) is 5. The number of likely N-dealkylation sites (N-methyl/N-ethyl adjacent to an activating group) is 1. The lowest BCUT2D eigenvalue weighted by Crippen LogP contribution is -2.36. The maximum absolute atomic E-state index is 13.5. The van der Waals surface area contributed by atoms with E-state index in [-0.39, 0.29) is 18.3 Å². The van der Waals surface area contributed by atoms with Crippen LogP contribution in [0.4, 0.5) is 5.13 Å². The van der Waals surface area contributed by atoms with Crippen LogP contribution in [0.5, 0.6) is 5.75 Å². The van der Waals surface area contributed by atoms with E-state index in [9.17, 15) is 4.79 Å². The van der Waals surface area contributed by atoms with Gasteiger partial charge in [-0.2, -0.15) is 0 Å². The standard InChI is InChI=1S/C22H23N5O2S.ClH/c1-14-5-8-18(29-4)19-20(14)30-22(25-19)27(12-11-26(2)3)21(28)15-6-7-16-17(13-15)24-10-9-23-16;/h5-10,13H,11-12H2,1-4H3;1H. The number of aromatic nitrogens is 3. The van der Waals surface area contributed by atoms with Gasteiger partial charge in [0.2, 0.25) is 0 Å². The van der Waals surface area contributed by atoms with Gasteiger partial charge in [-0.25, -0.2) is 4.98 Å². The number of hydrogen-bond acceptors (Lipinski definition) is 7. The van der Waals surface area contributed by atoms with Gasteiger partial charge in [0.1, 0.15) is 11.3 Å². The second-order valence-electron chi connectivity index (χ2n) is 7.28. The largest absolute Gasteiger partial charge is 0.494 e. The van der Waals surface area contributed by atoms with Crippen LogP contribution in [0.2, 0.25) is 0 Å². The van der Waals surface area contributed by atoms with E-state index < -0.39 is 0 Å². The van der Waals surface area contributed by atoms with Gasteiger partial charge in [0.25, 0.3) is 5.91 Å². The van der Waals surface area contributed by atoms with E-state index in [1.165, 1.54) is 11.3 Å². The number of amides is 1. The van der Waals surface area contributed by atoms with E-state index in [0.717, 1.165) is 21.3 Å². The summed E-state index contributed by atoms with van der Waals surface area (Å²) >= 11 is 1.51. The second kappa shape index (κ2) is 9.55. The lowest BCUT2D eigenvalue weighted by atomic mass is 10.1. The third-order valence-corrected chi connectivity index (χ3v) is 6.09. The van der Waals surface area contributed by atoms with Gasteiger partial charge in [-0.1, -0.05) is 17.4 Å². The van der Waals surface area contributed by atoms with E-state index in [1.54, 1.807) is 36.5 Å². The summed E-state index contributed by atoms with van der Waals surface area (Å²) in [4.78, 5) is 30.7. The van der Waals surface area contributed by atoms with Crippen molar-refractivity contribution in [3.8, 4) is 5.75 Å². The topological polar surface area (TPSA) is 71.5 Å². The molecule has 0 saturated heterocycles. The van der Waals surface area contributed by atoms with Gasteiger partial charge in [0.15, 0.2) is 5.13 Å². The molecule has 9 heteroatoms. The molecule has 0 radical (unpaired) electrons. The average Bonchev–Trinajstić information content (AvgIpc) is 3.19. The smallest absolute Gasteiger partial charge is 0.260 e. The Morgan fingerprint density at radius 2 is 1.81 bits per heavy atom. The zero-order valence-corrected chi connectivity index (χ0v) is 19.5. The summed E-state index contributed by atoms with van der Waals surface area (Å²) in [7, 11) is 5.60.